The number of nitrogens with zero attached hydrogens (tertiary/aromatic N) is 2. The van der Waals surface area contributed by atoms with Crippen LogP contribution in [-0.4, -0.2) is 45.1 Å². The van der Waals surface area contributed by atoms with E-state index >= 15 is 0 Å². The summed E-state index contributed by atoms with van der Waals surface area (Å²) in [5.74, 6) is 0.615. The summed E-state index contributed by atoms with van der Waals surface area (Å²) in [6.45, 7) is 1.08. The second kappa shape index (κ2) is 8.77. The number of sulfonamides is 1. The van der Waals surface area contributed by atoms with Crippen molar-refractivity contribution in [3.63, 3.8) is 0 Å². The molecule has 0 saturated carbocycles. The molecule has 0 amide bonds. The molecule has 0 atom stereocenters. The minimum Gasteiger partial charge on any atom is -0.497 e. The molecule has 0 saturated heterocycles. The van der Waals surface area contributed by atoms with Crippen LogP contribution >= 0.6 is 0 Å². The molecule has 0 aliphatic heterocycles. The third-order valence-electron chi connectivity index (χ3n) is 3.52. The van der Waals surface area contributed by atoms with Gasteiger partial charge in [0.1, 0.15) is 5.75 Å². The number of hydrogen-bond acceptors (Lipinski definition) is 5. The lowest BCUT2D eigenvalue weighted by molar-refractivity contribution is 0.186. The Balaban J connectivity index is 2.25. The molecule has 0 unspecified atom stereocenters. The summed E-state index contributed by atoms with van der Waals surface area (Å²) < 4.78 is 37.4. The maximum absolute atomic E-state index is 12.9. The molecule has 0 N–H and O–H groups in total. The van der Waals surface area contributed by atoms with E-state index < -0.39 is 10.0 Å². The fourth-order valence-corrected chi connectivity index (χ4v) is 3.69. The molecular formula is C17H22N2O4S. The molecular weight excluding hydrogens is 328 g/mol. The van der Waals surface area contributed by atoms with Crippen molar-refractivity contribution in [3.8, 4) is 5.75 Å². The Morgan fingerprint density at radius 3 is 2.42 bits per heavy atom. The molecule has 0 aliphatic carbocycles. The van der Waals surface area contributed by atoms with E-state index in [0.717, 1.165) is 0 Å². The summed E-state index contributed by atoms with van der Waals surface area (Å²) in [5, 5.41) is 0. The van der Waals surface area contributed by atoms with E-state index in [1.54, 1.807) is 50.7 Å². The molecule has 0 aliphatic rings. The van der Waals surface area contributed by atoms with Gasteiger partial charge >= 0.3 is 0 Å². The van der Waals surface area contributed by atoms with Crippen LogP contribution in [0.3, 0.4) is 0 Å². The molecule has 2 rings (SSSR count). The van der Waals surface area contributed by atoms with E-state index in [9.17, 15) is 8.42 Å². The second-order valence-corrected chi connectivity index (χ2v) is 7.12. The molecule has 0 bridgehead atoms. The van der Waals surface area contributed by atoms with Crippen LogP contribution < -0.4 is 4.74 Å². The molecule has 1 heterocycles. The monoisotopic (exact) mass is 350 g/mol. The Morgan fingerprint density at radius 2 is 1.83 bits per heavy atom. The maximum atomic E-state index is 12.9. The highest BCUT2D eigenvalue weighted by molar-refractivity contribution is 7.89. The van der Waals surface area contributed by atoms with Gasteiger partial charge in [0.25, 0.3) is 0 Å². The van der Waals surface area contributed by atoms with Crippen LogP contribution in [0.5, 0.6) is 5.75 Å². The van der Waals surface area contributed by atoms with Crippen LogP contribution in [-0.2, 0) is 21.3 Å². The van der Waals surface area contributed by atoms with Crippen LogP contribution in [0.1, 0.15) is 12.1 Å². The van der Waals surface area contributed by atoms with Gasteiger partial charge in [-0.1, -0.05) is 6.07 Å². The van der Waals surface area contributed by atoms with Gasteiger partial charge < -0.3 is 9.47 Å². The van der Waals surface area contributed by atoms with Crippen molar-refractivity contribution in [1.82, 2.24) is 9.29 Å². The van der Waals surface area contributed by atoms with E-state index in [-0.39, 0.29) is 11.4 Å². The first-order chi connectivity index (χ1) is 11.6. The van der Waals surface area contributed by atoms with Crippen molar-refractivity contribution < 1.29 is 17.9 Å². The number of aromatic nitrogens is 1. The van der Waals surface area contributed by atoms with Gasteiger partial charge in [0, 0.05) is 26.5 Å². The molecule has 24 heavy (non-hydrogen) atoms. The van der Waals surface area contributed by atoms with E-state index in [1.165, 1.54) is 4.31 Å². The van der Waals surface area contributed by atoms with Crippen LogP contribution in [0.4, 0.5) is 0 Å². The van der Waals surface area contributed by atoms with Crippen molar-refractivity contribution in [2.45, 2.75) is 17.9 Å². The Morgan fingerprint density at radius 1 is 1.08 bits per heavy atom. The van der Waals surface area contributed by atoms with E-state index in [4.69, 9.17) is 9.47 Å². The lowest BCUT2D eigenvalue weighted by atomic mass is 10.3. The van der Waals surface area contributed by atoms with E-state index in [0.29, 0.717) is 31.0 Å². The zero-order valence-corrected chi connectivity index (χ0v) is 14.7. The largest absolute Gasteiger partial charge is 0.497 e. The zero-order chi connectivity index (χ0) is 17.4. The van der Waals surface area contributed by atoms with Crippen molar-refractivity contribution in [2.75, 3.05) is 27.4 Å². The molecule has 130 valence electrons. The molecule has 2 aromatic rings. The third-order valence-corrected chi connectivity index (χ3v) is 5.38. The molecule has 6 nitrogen and oxygen atoms in total. The second-order valence-electron chi connectivity index (χ2n) is 5.18. The van der Waals surface area contributed by atoms with Crippen LogP contribution in [0.2, 0.25) is 0 Å². The number of methoxy groups -OCH3 is 2. The summed E-state index contributed by atoms with van der Waals surface area (Å²) in [6, 6.07) is 11.8. The van der Waals surface area contributed by atoms with Crippen molar-refractivity contribution in [2.24, 2.45) is 0 Å². The molecule has 0 radical (unpaired) electrons. The Bertz CT molecular complexity index is 718. The van der Waals surface area contributed by atoms with Gasteiger partial charge in [0.05, 0.1) is 24.2 Å². The van der Waals surface area contributed by atoms with Gasteiger partial charge in [0.2, 0.25) is 10.0 Å². The van der Waals surface area contributed by atoms with Gasteiger partial charge in [-0.3, -0.25) is 4.98 Å². The lowest BCUT2D eigenvalue weighted by Gasteiger charge is -2.22. The fraction of sp³-hybridized carbons (Fsp3) is 0.353. The first-order valence-electron chi connectivity index (χ1n) is 7.61. The quantitative estimate of drug-likeness (QED) is 0.649. The fourth-order valence-electron chi connectivity index (χ4n) is 2.24. The average molecular weight is 350 g/mol. The van der Waals surface area contributed by atoms with Crippen LogP contribution in [0.25, 0.3) is 0 Å². The van der Waals surface area contributed by atoms with Crippen LogP contribution in [0.15, 0.2) is 53.6 Å². The minimum atomic E-state index is -3.62. The Hall–Kier alpha value is -1.96. The first kappa shape index (κ1) is 18.4. The maximum Gasteiger partial charge on any atom is 0.243 e. The van der Waals surface area contributed by atoms with Gasteiger partial charge in [-0.25, -0.2) is 8.42 Å². The number of benzene rings is 1. The summed E-state index contributed by atoms with van der Waals surface area (Å²) in [6.07, 6.45) is 2.27. The molecule has 0 fully saturated rings. The number of pyridine rings is 1. The summed E-state index contributed by atoms with van der Waals surface area (Å²) in [5.41, 5.74) is 0.701. The molecule has 0 spiro atoms. The number of hydrogen-bond donors (Lipinski definition) is 0. The Kier molecular flexibility index (Phi) is 6.72. The number of rotatable bonds is 9. The molecule has 7 heteroatoms. The Labute approximate surface area is 143 Å². The SMILES string of the molecule is COCCCN(Cc1ccccn1)S(=O)(=O)c1ccc(OC)cc1. The van der Waals surface area contributed by atoms with Gasteiger partial charge in [-0.2, -0.15) is 4.31 Å². The van der Waals surface area contributed by atoms with Crippen molar-refractivity contribution >= 4 is 10.0 Å². The van der Waals surface area contributed by atoms with E-state index in [1.807, 2.05) is 12.1 Å². The van der Waals surface area contributed by atoms with Crippen LogP contribution in [0, 0.1) is 0 Å². The minimum absolute atomic E-state index is 0.221. The third kappa shape index (κ3) is 4.77. The van der Waals surface area contributed by atoms with Gasteiger partial charge in [-0.15, -0.1) is 0 Å². The average Bonchev–Trinajstić information content (AvgIpc) is 2.62. The molecule has 1 aromatic carbocycles. The van der Waals surface area contributed by atoms with Gasteiger partial charge in [-0.05, 0) is 42.8 Å². The predicted molar refractivity (Wildman–Crippen MR) is 91.3 cm³/mol. The summed E-state index contributed by atoms with van der Waals surface area (Å²) in [7, 11) is -0.481. The highest BCUT2D eigenvalue weighted by atomic mass is 32.2. The van der Waals surface area contributed by atoms with E-state index in [2.05, 4.69) is 4.98 Å². The van der Waals surface area contributed by atoms with Crippen molar-refractivity contribution in [3.05, 3.63) is 54.4 Å². The summed E-state index contributed by atoms with van der Waals surface area (Å²) >= 11 is 0. The highest BCUT2D eigenvalue weighted by Gasteiger charge is 2.24. The summed E-state index contributed by atoms with van der Waals surface area (Å²) in [4.78, 5) is 4.46. The highest BCUT2D eigenvalue weighted by Crippen LogP contribution is 2.21. The van der Waals surface area contributed by atoms with Crippen molar-refractivity contribution in [1.29, 1.82) is 0 Å². The zero-order valence-electron chi connectivity index (χ0n) is 13.9. The molecule has 1 aromatic heterocycles. The smallest absolute Gasteiger partial charge is 0.243 e. The number of ether oxygens (including phenoxy) is 2. The normalized spacial score (nSPS) is 11.6. The first-order valence-corrected chi connectivity index (χ1v) is 9.05. The topological polar surface area (TPSA) is 68.7 Å². The standard InChI is InChI=1S/C17H22N2O4S/c1-22-13-5-12-19(14-15-6-3-4-11-18-15)24(20,21)17-9-7-16(23-2)8-10-17/h3-4,6-11H,5,12-14H2,1-2H3. The predicted octanol–water partition coefficient (Wildman–Crippen LogP) is 2.32. The van der Waals surface area contributed by atoms with Gasteiger partial charge in [0.15, 0.2) is 0 Å². The lowest BCUT2D eigenvalue weighted by Crippen LogP contribution is -2.32.